The van der Waals surface area contributed by atoms with Gasteiger partial charge in [0.15, 0.2) is 5.78 Å². The van der Waals surface area contributed by atoms with Crippen molar-refractivity contribution in [2.45, 2.75) is 13.3 Å². The van der Waals surface area contributed by atoms with Crippen molar-refractivity contribution in [3.05, 3.63) is 67.8 Å². The Morgan fingerprint density at radius 3 is 2.32 bits per heavy atom. The van der Waals surface area contributed by atoms with Crippen LogP contribution in [0.3, 0.4) is 0 Å². The SMILES string of the molecule is CC(=O)c1ccc(Cl)c(Cc2cc3c(C#N)c(C#N)c(C#N)cc3n2C)c1Cl. The number of Topliss-reactive ketones (excluding diaryl/α,β-unsaturated/α-hetero) is 1. The standard InChI is InChI=1S/C21H12Cl2N4O/c1-11(28)14-3-4-19(22)16(21(14)23)7-13-6-15-18(10-26)17(9-25)12(8-24)5-20(15)27(13)2/h3-6H,7H2,1-2H3. The second-order valence-corrected chi connectivity index (χ2v) is 7.04. The highest BCUT2D eigenvalue weighted by Gasteiger charge is 2.20. The summed E-state index contributed by atoms with van der Waals surface area (Å²) in [5.41, 5.74) is 2.77. The molecule has 0 saturated heterocycles. The fraction of sp³-hybridized carbons (Fsp3) is 0.143. The van der Waals surface area contributed by atoms with Gasteiger partial charge in [-0.3, -0.25) is 4.79 Å². The molecule has 0 bridgehead atoms. The van der Waals surface area contributed by atoms with Gasteiger partial charge in [0.2, 0.25) is 0 Å². The monoisotopic (exact) mass is 406 g/mol. The van der Waals surface area contributed by atoms with Crippen LogP contribution in [0.15, 0.2) is 24.3 Å². The Hall–Kier alpha value is -3.30. The maximum absolute atomic E-state index is 11.8. The summed E-state index contributed by atoms with van der Waals surface area (Å²) in [6, 6.07) is 12.5. The zero-order valence-corrected chi connectivity index (χ0v) is 16.5. The molecule has 1 aromatic heterocycles. The molecule has 0 saturated carbocycles. The molecular formula is C21H12Cl2N4O. The molecule has 5 nitrogen and oxygen atoms in total. The van der Waals surface area contributed by atoms with Gasteiger partial charge in [-0.2, -0.15) is 15.8 Å². The lowest BCUT2D eigenvalue weighted by atomic mass is 9.99. The molecule has 0 N–H and O–H groups in total. The molecule has 0 atom stereocenters. The van der Waals surface area contributed by atoms with Gasteiger partial charge in [-0.15, -0.1) is 0 Å². The number of ketones is 1. The number of halogens is 2. The molecule has 0 amide bonds. The normalized spacial score (nSPS) is 10.3. The summed E-state index contributed by atoms with van der Waals surface area (Å²) in [6.45, 7) is 1.43. The Balaban J connectivity index is 2.26. The molecule has 0 aliphatic carbocycles. The summed E-state index contributed by atoms with van der Waals surface area (Å²) in [4.78, 5) is 11.8. The number of aromatic nitrogens is 1. The van der Waals surface area contributed by atoms with Gasteiger partial charge in [-0.25, -0.2) is 0 Å². The van der Waals surface area contributed by atoms with Crippen LogP contribution in [-0.2, 0) is 13.5 Å². The molecule has 0 unspecified atom stereocenters. The van der Waals surface area contributed by atoms with Crippen LogP contribution in [0.4, 0.5) is 0 Å². The molecule has 136 valence electrons. The third-order valence-corrected chi connectivity index (χ3v) is 5.50. The number of hydrogen-bond donors (Lipinski definition) is 0. The van der Waals surface area contributed by atoms with Gasteiger partial charge in [-0.1, -0.05) is 23.2 Å². The van der Waals surface area contributed by atoms with Crippen molar-refractivity contribution < 1.29 is 4.79 Å². The highest BCUT2D eigenvalue weighted by atomic mass is 35.5. The molecule has 1 heterocycles. The average Bonchev–Trinajstić information content (AvgIpc) is 2.98. The first-order valence-corrected chi connectivity index (χ1v) is 8.93. The number of nitriles is 3. The topological polar surface area (TPSA) is 93.4 Å². The lowest BCUT2D eigenvalue weighted by molar-refractivity contribution is 0.101. The zero-order valence-electron chi connectivity index (χ0n) is 15.0. The van der Waals surface area contributed by atoms with Crippen molar-refractivity contribution in [1.29, 1.82) is 15.8 Å². The van der Waals surface area contributed by atoms with E-state index in [2.05, 4.69) is 0 Å². The molecule has 0 spiro atoms. The Labute approximate surface area is 171 Å². The maximum Gasteiger partial charge on any atom is 0.161 e. The Morgan fingerprint density at radius 1 is 1.07 bits per heavy atom. The Kier molecular flexibility index (Phi) is 5.12. The fourth-order valence-electron chi connectivity index (χ4n) is 3.23. The van der Waals surface area contributed by atoms with Crippen molar-refractivity contribution in [3.8, 4) is 18.2 Å². The predicted octanol–water partition coefficient (Wildman–Crippen LogP) is 4.89. The minimum absolute atomic E-state index is 0.0595. The average molecular weight is 407 g/mol. The molecule has 3 aromatic rings. The van der Waals surface area contributed by atoms with Crippen LogP contribution in [0, 0.1) is 34.0 Å². The van der Waals surface area contributed by atoms with Gasteiger partial charge in [0.25, 0.3) is 0 Å². The van der Waals surface area contributed by atoms with E-state index in [0.29, 0.717) is 38.5 Å². The number of carbonyl (C=O) groups excluding carboxylic acids is 1. The van der Waals surface area contributed by atoms with E-state index in [-0.39, 0.29) is 22.5 Å². The van der Waals surface area contributed by atoms with Gasteiger partial charge >= 0.3 is 0 Å². The summed E-state index contributed by atoms with van der Waals surface area (Å²) in [7, 11) is 1.79. The fourth-order valence-corrected chi connectivity index (χ4v) is 3.87. The molecule has 2 aromatic carbocycles. The van der Waals surface area contributed by atoms with E-state index in [1.807, 2.05) is 22.8 Å². The van der Waals surface area contributed by atoms with Crippen molar-refractivity contribution in [2.75, 3.05) is 0 Å². The van der Waals surface area contributed by atoms with E-state index in [1.165, 1.54) is 6.92 Å². The van der Waals surface area contributed by atoms with E-state index < -0.39 is 0 Å². The van der Waals surface area contributed by atoms with Crippen LogP contribution in [0.25, 0.3) is 10.9 Å². The largest absolute Gasteiger partial charge is 0.347 e. The van der Waals surface area contributed by atoms with Crippen LogP contribution < -0.4 is 0 Å². The van der Waals surface area contributed by atoms with Gasteiger partial charge in [-0.05, 0) is 36.8 Å². The van der Waals surface area contributed by atoms with Gasteiger partial charge in [0.1, 0.15) is 18.2 Å². The van der Waals surface area contributed by atoms with Crippen molar-refractivity contribution in [3.63, 3.8) is 0 Å². The van der Waals surface area contributed by atoms with Crippen LogP contribution in [0.2, 0.25) is 10.0 Å². The highest BCUT2D eigenvalue weighted by molar-refractivity contribution is 6.38. The first-order valence-electron chi connectivity index (χ1n) is 8.17. The summed E-state index contributed by atoms with van der Waals surface area (Å²) in [5.74, 6) is -0.163. The van der Waals surface area contributed by atoms with E-state index in [4.69, 9.17) is 23.2 Å². The van der Waals surface area contributed by atoms with Crippen LogP contribution in [0.5, 0.6) is 0 Å². The Bertz CT molecular complexity index is 1280. The molecule has 7 heteroatoms. The minimum atomic E-state index is -0.163. The third kappa shape index (κ3) is 3.00. The van der Waals surface area contributed by atoms with Crippen LogP contribution >= 0.6 is 23.2 Å². The van der Waals surface area contributed by atoms with Crippen molar-refractivity contribution >= 4 is 39.9 Å². The van der Waals surface area contributed by atoms with E-state index in [0.717, 1.165) is 5.69 Å². The lowest BCUT2D eigenvalue weighted by Gasteiger charge is -2.11. The number of benzene rings is 2. The Morgan fingerprint density at radius 2 is 1.75 bits per heavy atom. The van der Waals surface area contributed by atoms with Gasteiger partial charge < -0.3 is 4.57 Å². The lowest BCUT2D eigenvalue weighted by Crippen LogP contribution is -2.02. The summed E-state index contributed by atoms with van der Waals surface area (Å²) in [6.07, 6.45) is 0.318. The quantitative estimate of drug-likeness (QED) is 0.578. The smallest absolute Gasteiger partial charge is 0.161 e. The summed E-state index contributed by atoms with van der Waals surface area (Å²) in [5, 5.41) is 29.5. The number of carbonyl (C=O) groups is 1. The van der Waals surface area contributed by atoms with Gasteiger partial charge in [0, 0.05) is 35.1 Å². The van der Waals surface area contributed by atoms with E-state index in [9.17, 15) is 20.6 Å². The molecule has 0 aliphatic heterocycles. The predicted molar refractivity (Wildman–Crippen MR) is 106 cm³/mol. The third-order valence-electron chi connectivity index (χ3n) is 4.72. The molecule has 0 radical (unpaired) electrons. The maximum atomic E-state index is 11.8. The van der Waals surface area contributed by atoms with E-state index >= 15 is 0 Å². The number of nitrogens with zero attached hydrogens (tertiary/aromatic N) is 4. The van der Waals surface area contributed by atoms with Crippen molar-refractivity contribution in [1.82, 2.24) is 4.57 Å². The number of aryl methyl sites for hydroxylation is 1. The van der Waals surface area contributed by atoms with E-state index in [1.54, 1.807) is 31.3 Å². The zero-order chi connectivity index (χ0) is 20.6. The summed E-state index contributed by atoms with van der Waals surface area (Å²) < 4.78 is 1.82. The molecule has 28 heavy (non-hydrogen) atoms. The minimum Gasteiger partial charge on any atom is -0.347 e. The number of fused-ring (bicyclic) bond motifs is 1. The summed E-state index contributed by atoms with van der Waals surface area (Å²) >= 11 is 12.7. The highest BCUT2D eigenvalue weighted by Crippen LogP contribution is 2.33. The van der Waals surface area contributed by atoms with Crippen LogP contribution in [0.1, 0.15) is 45.2 Å². The molecular weight excluding hydrogens is 395 g/mol. The first kappa shape index (κ1) is 19.5. The molecule has 0 fully saturated rings. The second-order valence-electron chi connectivity index (χ2n) is 6.26. The second kappa shape index (κ2) is 7.37. The van der Waals surface area contributed by atoms with Gasteiger partial charge in [0.05, 0.1) is 27.2 Å². The number of hydrogen-bond acceptors (Lipinski definition) is 4. The molecule has 0 aliphatic rings. The first-order chi connectivity index (χ1) is 13.3. The number of rotatable bonds is 3. The van der Waals surface area contributed by atoms with Crippen molar-refractivity contribution in [2.24, 2.45) is 7.05 Å². The molecule has 3 rings (SSSR count). The van der Waals surface area contributed by atoms with Crippen LogP contribution in [-0.4, -0.2) is 10.4 Å².